The number of nitrogens with one attached hydrogen (secondary N) is 1. The Morgan fingerprint density at radius 2 is 1.96 bits per heavy atom. The van der Waals surface area contributed by atoms with Gasteiger partial charge in [-0.05, 0) is 25.5 Å². The van der Waals surface area contributed by atoms with E-state index in [0.717, 1.165) is 5.69 Å². The molecule has 25 heavy (non-hydrogen) atoms. The molecule has 0 saturated heterocycles. The zero-order valence-electron chi connectivity index (χ0n) is 14.2. The van der Waals surface area contributed by atoms with Crippen LogP contribution < -0.4 is 10.7 Å². The van der Waals surface area contributed by atoms with Gasteiger partial charge in [-0.3, -0.25) is 14.4 Å². The molecule has 1 aromatic carbocycles. The van der Waals surface area contributed by atoms with Crippen LogP contribution in [-0.2, 0) is 4.79 Å². The Hall–Kier alpha value is -2.96. The van der Waals surface area contributed by atoms with E-state index < -0.39 is 23.2 Å². The van der Waals surface area contributed by atoms with Gasteiger partial charge in [0.15, 0.2) is 5.69 Å². The standard InChI is InChI=1S/C18H21N3O4/c1-3-7-13(18(24)25)11-19-17(23)16-15(22)10-12(2)21(20-16)14-8-5-4-6-9-14/h4-6,8-10,13H,3,7,11H2,1-2H3,(H,19,23)(H,24,25). The van der Waals surface area contributed by atoms with E-state index in [0.29, 0.717) is 18.5 Å². The van der Waals surface area contributed by atoms with Crippen LogP contribution >= 0.6 is 0 Å². The lowest BCUT2D eigenvalue weighted by Gasteiger charge is -2.13. The number of rotatable bonds is 7. The topological polar surface area (TPSA) is 101 Å². The number of hydrogen-bond acceptors (Lipinski definition) is 4. The van der Waals surface area contributed by atoms with Crippen molar-refractivity contribution >= 4 is 11.9 Å². The zero-order chi connectivity index (χ0) is 18.4. The van der Waals surface area contributed by atoms with Gasteiger partial charge in [0.05, 0.1) is 11.6 Å². The Kier molecular flexibility index (Phi) is 6.05. The number of amides is 1. The number of hydrogen-bond donors (Lipinski definition) is 2. The molecular weight excluding hydrogens is 322 g/mol. The van der Waals surface area contributed by atoms with Crippen LogP contribution in [0.4, 0.5) is 0 Å². The van der Waals surface area contributed by atoms with Gasteiger partial charge in [-0.1, -0.05) is 31.5 Å². The number of carbonyl (C=O) groups is 2. The molecule has 0 saturated carbocycles. The molecule has 1 unspecified atom stereocenters. The predicted octanol–water partition coefficient (Wildman–Crippen LogP) is 1.77. The second-order valence-electron chi connectivity index (χ2n) is 5.78. The molecule has 7 nitrogen and oxygen atoms in total. The Labute approximate surface area is 145 Å². The highest BCUT2D eigenvalue weighted by Gasteiger charge is 2.20. The van der Waals surface area contributed by atoms with E-state index in [4.69, 9.17) is 5.11 Å². The normalized spacial score (nSPS) is 11.8. The molecule has 7 heteroatoms. The minimum atomic E-state index is -0.972. The molecule has 1 atom stereocenters. The van der Waals surface area contributed by atoms with Gasteiger partial charge >= 0.3 is 5.97 Å². The van der Waals surface area contributed by atoms with E-state index in [-0.39, 0.29) is 12.2 Å². The van der Waals surface area contributed by atoms with Crippen molar-refractivity contribution in [1.29, 1.82) is 0 Å². The molecule has 132 valence electrons. The second kappa shape index (κ2) is 8.23. The van der Waals surface area contributed by atoms with Crippen LogP contribution in [0.2, 0.25) is 0 Å². The van der Waals surface area contributed by atoms with Crippen molar-refractivity contribution in [2.24, 2.45) is 5.92 Å². The lowest BCUT2D eigenvalue weighted by molar-refractivity contribution is -0.141. The molecule has 1 aromatic heterocycles. The van der Waals surface area contributed by atoms with E-state index >= 15 is 0 Å². The second-order valence-corrected chi connectivity index (χ2v) is 5.78. The van der Waals surface area contributed by atoms with Crippen LogP contribution in [0.1, 0.15) is 35.9 Å². The average molecular weight is 343 g/mol. The summed E-state index contributed by atoms with van der Waals surface area (Å²) in [6.07, 6.45) is 1.14. The molecule has 0 radical (unpaired) electrons. The van der Waals surface area contributed by atoms with Crippen molar-refractivity contribution in [1.82, 2.24) is 15.1 Å². The molecule has 0 spiro atoms. The first-order valence-electron chi connectivity index (χ1n) is 8.11. The maximum Gasteiger partial charge on any atom is 0.308 e. The van der Waals surface area contributed by atoms with E-state index in [9.17, 15) is 14.4 Å². The smallest absolute Gasteiger partial charge is 0.308 e. The number of carboxylic acid groups (broad SMARTS) is 1. The molecule has 1 amide bonds. The summed E-state index contributed by atoms with van der Waals surface area (Å²) in [6.45, 7) is 3.56. The van der Waals surface area contributed by atoms with Crippen molar-refractivity contribution in [3.05, 3.63) is 58.0 Å². The fourth-order valence-electron chi connectivity index (χ4n) is 2.50. The SMILES string of the molecule is CCCC(CNC(=O)c1nn(-c2ccccc2)c(C)cc1=O)C(=O)O. The van der Waals surface area contributed by atoms with Crippen molar-refractivity contribution in [2.45, 2.75) is 26.7 Å². The molecule has 0 fully saturated rings. The van der Waals surface area contributed by atoms with Crippen LogP contribution in [-0.4, -0.2) is 33.3 Å². The van der Waals surface area contributed by atoms with Crippen molar-refractivity contribution in [3.8, 4) is 5.69 Å². The van der Waals surface area contributed by atoms with E-state index in [1.165, 1.54) is 10.7 Å². The van der Waals surface area contributed by atoms with Crippen molar-refractivity contribution < 1.29 is 14.7 Å². The predicted molar refractivity (Wildman–Crippen MR) is 92.9 cm³/mol. The summed E-state index contributed by atoms with van der Waals surface area (Å²) in [7, 11) is 0. The number of aromatic nitrogens is 2. The Morgan fingerprint density at radius 3 is 2.56 bits per heavy atom. The molecule has 1 heterocycles. The van der Waals surface area contributed by atoms with Gasteiger partial charge in [-0.15, -0.1) is 0 Å². The number of carbonyl (C=O) groups excluding carboxylic acids is 1. The van der Waals surface area contributed by atoms with Gasteiger partial charge in [0.2, 0.25) is 5.43 Å². The quantitative estimate of drug-likeness (QED) is 0.798. The summed E-state index contributed by atoms with van der Waals surface area (Å²) in [4.78, 5) is 35.6. The Balaban J connectivity index is 2.25. The minimum Gasteiger partial charge on any atom is -0.481 e. The van der Waals surface area contributed by atoms with Crippen LogP contribution in [0, 0.1) is 12.8 Å². The Bertz CT molecular complexity index is 815. The van der Waals surface area contributed by atoms with Crippen molar-refractivity contribution in [2.75, 3.05) is 6.54 Å². The van der Waals surface area contributed by atoms with Crippen LogP contribution in [0.3, 0.4) is 0 Å². The summed E-state index contributed by atoms with van der Waals surface area (Å²) in [5.41, 5.74) is 0.574. The highest BCUT2D eigenvalue weighted by molar-refractivity contribution is 5.92. The fourth-order valence-corrected chi connectivity index (χ4v) is 2.50. The molecule has 0 bridgehead atoms. The summed E-state index contributed by atoms with van der Waals surface area (Å²) in [6, 6.07) is 10.5. The summed E-state index contributed by atoms with van der Waals surface area (Å²) < 4.78 is 1.51. The summed E-state index contributed by atoms with van der Waals surface area (Å²) in [5.74, 6) is -2.33. The lowest BCUT2D eigenvalue weighted by Crippen LogP contribution is -2.36. The molecule has 0 aliphatic heterocycles. The first-order valence-corrected chi connectivity index (χ1v) is 8.11. The van der Waals surface area contributed by atoms with E-state index in [1.807, 2.05) is 37.3 Å². The highest BCUT2D eigenvalue weighted by Crippen LogP contribution is 2.08. The molecular formula is C18H21N3O4. The maximum atomic E-state index is 12.3. The first kappa shape index (κ1) is 18.4. The van der Waals surface area contributed by atoms with Crippen molar-refractivity contribution in [3.63, 3.8) is 0 Å². The Morgan fingerprint density at radius 1 is 1.28 bits per heavy atom. The van der Waals surface area contributed by atoms with Crippen LogP contribution in [0.5, 0.6) is 0 Å². The lowest BCUT2D eigenvalue weighted by atomic mass is 10.0. The molecule has 0 aliphatic carbocycles. The number of aryl methyl sites for hydroxylation is 1. The van der Waals surface area contributed by atoms with Crippen LogP contribution in [0.15, 0.2) is 41.2 Å². The molecule has 2 aromatic rings. The average Bonchev–Trinajstić information content (AvgIpc) is 2.59. The number of aliphatic carboxylic acids is 1. The van der Waals surface area contributed by atoms with Gasteiger partial charge in [0.1, 0.15) is 0 Å². The third-order valence-electron chi connectivity index (χ3n) is 3.82. The van der Waals surface area contributed by atoms with Crippen LogP contribution in [0.25, 0.3) is 5.69 Å². The zero-order valence-corrected chi connectivity index (χ0v) is 14.2. The van der Waals surface area contributed by atoms with E-state index in [1.54, 1.807) is 6.92 Å². The minimum absolute atomic E-state index is 0.0393. The van der Waals surface area contributed by atoms with Gasteiger partial charge < -0.3 is 10.4 Å². The molecule has 2 rings (SSSR count). The van der Waals surface area contributed by atoms with E-state index in [2.05, 4.69) is 10.4 Å². The first-order chi connectivity index (χ1) is 11.9. The van der Waals surface area contributed by atoms with Gasteiger partial charge in [0, 0.05) is 18.3 Å². The third-order valence-corrected chi connectivity index (χ3v) is 3.82. The summed E-state index contributed by atoms with van der Waals surface area (Å²) >= 11 is 0. The highest BCUT2D eigenvalue weighted by atomic mass is 16.4. The monoisotopic (exact) mass is 343 g/mol. The molecule has 2 N–H and O–H groups in total. The number of carboxylic acids is 1. The summed E-state index contributed by atoms with van der Waals surface area (Å²) in [5, 5.41) is 15.8. The third kappa shape index (κ3) is 4.53. The van der Waals surface area contributed by atoms with Gasteiger partial charge in [-0.2, -0.15) is 5.10 Å². The molecule has 0 aliphatic rings. The maximum absolute atomic E-state index is 12.3. The number of benzene rings is 1. The largest absolute Gasteiger partial charge is 0.481 e. The number of nitrogens with zero attached hydrogens (tertiary/aromatic N) is 2. The van der Waals surface area contributed by atoms with Gasteiger partial charge in [0.25, 0.3) is 5.91 Å². The number of para-hydroxylation sites is 1. The van der Waals surface area contributed by atoms with Gasteiger partial charge in [-0.25, -0.2) is 4.68 Å². The fraction of sp³-hybridized carbons (Fsp3) is 0.333.